The predicted molar refractivity (Wildman–Crippen MR) is 52.0 cm³/mol. The molecule has 1 heterocycles. The highest BCUT2D eigenvalue weighted by Gasteiger charge is 2.29. The Balaban J connectivity index is 0.00000144. The van der Waals surface area contributed by atoms with Crippen molar-refractivity contribution in [2.75, 3.05) is 13.7 Å². The molecule has 4 nitrogen and oxygen atoms in total. The van der Waals surface area contributed by atoms with Gasteiger partial charge >= 0.3 is 5.97 Å². The third-order valence-electron chi connectivity index (χ3n) is 2.05. The summed E-state index contributed by atoms with van der Waals surface area (Å²) in [6.07, 6.45) is 1.77. The Morgan fingerprint density at radius 3 is 2.69 bits per heavy atom. The van der Waals surface area contributed by atoms with Gasteiger partial charge in [-0.3, -0.25) is 0 Å². The van der Waals surface area contributed by atoms with Gasteiger partial charge < -0.3 is 14.6 Å². The van der Waals surface area contributed by atoms with Gasteiger partial charge in [0.2, 0.25) is 0 Å². The van der Waals surface area contributed by atoms with Gasteiger partial charge in [-0.15, -0.1) is 0 Å². The molecule has 5 heteroatoms. The number of methoxy groups -OCH3 is 1. The van der Waals surface area contributed by atoms with Crippen molar-refractivity contribution in [2.45, 2.75) is 31.5 Å². The Hall–Kier alpha value is -0.0775. The Labute approximate surface area is 88.3 Å². The van der Waals surface area contributed by atoms with E-state index in [1.807, 2.05) is 0 Å². The molecule has 2 atom stereocenters. The number of hydrogen-bond acceptors (Lipinski definition) is 3. The van der Waals surface area contributed by atoms with Crippen LogP contribution < -0.4 is 0 Å². The SMILES string of the molecule is COC(C(=O)O)C1CCCCO1.[AlH3]. The van der Waals surface area contributed by atoms with Crippen LogP contribution in [0.15, 0.2) is 0 Å². The van der Waals surface area contributed by atoms with Crippen LogP contribution in [0.4, 0.5) is 0 Å². The second-order valence-electron chi connectivity index (χ2n) is 2.90. The Kier molecular flexibility index (Phi) is 6.35. The van der Waals surface area contributed by atoms with Crippen LogP contribution in [0, 0.1) is 0 Å². The van der Waals surface area contributed by atoms with Crippen molar-refractivity contribution >= 4 is 23.3 Å². The van der Waals surface area contributed by atoms with Crippen molar-refractivity contribution < 1.29 is 19.4 Å². The Morgan fingerprint density at radius 1 is 1.62 bits per heavy atom. The lowest BCUT2D eigenvalue weighted by Crippen LogP contribution is -2.39. The molecule has 1 fully saturated rings. The average Bonchev–Trinajstić information content (AvgIpc) is 2.07. The maximum absolute atomic E-state index is 10.6. The van der Waals surface area contributed by atoms with Crippen molar-refractivity contribution in [2.24, 2.45) is 0 Å². The zero-order chi connectivity index (χ0) is 8.97. The van der Waals surface area contributed by atoms with Crippen LogP contribution in [-0.4, -0.2) is 54.4 Å². The topological polar surface area (TPSA) is 55.8 Å². The molecule has 76 valence electrons. The number of carbonyl (C=O) groups is 1. The molecule has 0 aromatic carbocycles. The fraction of sp³-hybridized carbons (Fsp3) is 0.875. The van der Waals surface area contributed by atoms with Crippen LogP contribution in [0.3, 0.4) is 0 Å². The van der Waals surface area contributed by atoms with Gasteiger partial charge in [0.1, 0.15) is 0 Å². The minimum atomic E-state index is -0.940. The highest BCUT2D eigenvalue weighted by atomic mass is 27.0. The van der Waals surface area contributed by atoms with Gasteiger partial charge in [-0.05, 0) is 19.3 Å². The van der Waals surface area contributed by atoms with Crippen LogP contribution in [0.5, 0.6) is 0 Å². The first-order valence-electron chi connectivity index (χ1n) is 4.13. The van der Waals surface area contributed by atoms with Crippen LogP contribution in [0.2, 0.25) is 0 Å². The Morgan fingerprint density at radius 2 is 2.31 bits per heavy atom. The molecular formula is C8H17AlO4. The summed E-state index contributed by atoms with van der Waals surface area (Å²) in [5, 5.41) is 8.72. The highest BCUT2D eigenvalue weighted by molar-refractivity contribution is 5.75. The molecule has 2 unspecified atom stereocenters. The molecule has 1 saturated heterocycles. The van der Waals surface area contributed by atoms with Gasteiger partial charge in [-0.1, -0.05) is 0 Å². The number of rotatable bonds is 3. The summed E-state index contributed by atoms with van der Waals surface area (Å²) in [5.41, 5.74) is 0. The molecule has 0 aliphatic carbocycles. The first-order chi connectivity index (χ1) is 5.75. The first kappa shape index (κ1) is 12.9. The summed E-state index contributed by atoms with van der Waals surface area (Å²) in [7, 11) is 1.40. The van der Waals surface area contributed by atoms with Crippen LogP contribution in [0.1, 0.15) is 19.3 Å². The van der Waals surface area contributed by atoms with Crippen molar-refractivity contribution in [3.63, 3.8) is 0 Å². The number of carboxylic acids is 1. The van der Waals surface area contributed by atoms with E-state index in [0.29, 0.717) is 6.61 Å². The van der Waals surface area contributed by atoms with Crippen molar-refractivity contribution in [1.82, 2.24) is 0 Å². The summed E-state index contributed by atoms with van der Waals surface area (Å²) < 4.78 is 10.1. The molecule has 1 rings (SSSR count). The third kappa shape index (κ3) is 3.65. The zero-order valence-electron chi connectivity index (χ0n) is 7.16. The summed E-state index contributed by atoms with van der Waals surface area (Å²) in [6, 6.07) is 0. The van der Waals surface area contributed by atoms with Crippen molar-refractivity contribution in [3.05, 3.63) is 0 Å². The minimum Gasteiger partial charge on any atom is -0.479 e. The van der Waals surface area contributed by atoms with Crippen molar-refractivity contribution in [1.29, 1.82) is 0 Å². The molecule has 13 heavy (non-hydrogen) atoms. The lowest BCUT2D eigenvalue weighted by Gasteiger charge is -2.26. The molecule has 1 aliphatic heterocycles. The molecule has 0 bridgehead atoms. The molecule has 0 aromatic rings. The molecule has 1 N–H and O–H groups in total. The van der Waals surface area contributed by atoms with E-state index in [1.165, 1.54) is 7.11 Å². The highest BCUT2D eigenvalue weighted by Crippen LogP contribution is 2.17. The monoisotopic (exact) mass is 204 g/mol. The van der Waals surface area contributed by atoms with Gasteiger partial charge in [0.25, 0.3) is 0 Å². The maximum atomic E-state index is 10.6. The van der Waals surface area contributed by atoms with E-state index >= 15 is 0 Å². The summed E-state index contributed by atoms with van der Waals surface area (Å²) in [6.45, 7) is 0.651. The smallest absolute Gasteiger partial charge is 0.335 e. The van der Waals surface area contributed by atoms with Gasteiger partial charge in [-0.25, -0.2) is 4.79 Å². The fourth-order valence-corrected chi connectivity index (χ4v) is 1.42. The van der Waals surface area contributed by atoms with E-state index in [2.05, 4.69) is 0 Å². The lowest BCUT2D eigenvalue weighted by molar-refractivity contribution is -0.161. The van der Waals surface area contributed by atoms with Gasteiger partial charge in [-0.2, -0.15) is 0 Å². The van der Waals surface area contributed by atoms with Gasteiger partial charge in [0, 0.05) is 13.7 Å². The molecule has 0 amide bonds. The molecule has 0 saturated carbocycles. The number of aliphatic carboxylic acids is 1. The van der Waals surface area contributed by atoms with E-state index < -0.39 is 12.1 Å². The quantitative estimate of drug-likeness (QED) is 0.628. The van der Waals surface area contributed by atoms with Gasteiger partial charge in [0.05, 0.1) is 6.10 Å². The minimum absolute atomic E-state index is 0. The van der Waals surface area contributed by atoms with Crippen LogP contribution in [-0.2, 0) is 14.3 Å². The predicted octanol–water partition coefficient (Wildman–Crippen LogP) is -0.529. The standard InChI is InChI=1S/C8H14O4.Al.3H/c1-11-7(8(9)10)6-4-2-3-5-12-6;;;;/h6-7H,2-5H2,1H3,(H,9,10);;;;. The molecular weight excluding hydrogens is 187 g/mol. The molecule has 0 spiro atoms. The molecule has 0 aromatic heterocycles. The second kappa shape index (κ2) is 6.39. The maximum Gasteiger partial charge on any atom is 0.335 e. The largest absolute Gasteiger partial charge is 0.479 e. The fourth-order valence-electron chi connectivity index (χ4n) is 1.42. The lowest BCUT2D eigenvalue weighted by atomic mass is 10.0. The third-order valence-corrected chi connectivity index (χ3v) is 2.05. The Bertz CT molecular complexity index is 156. The number of hydrogen-bond donors (Lipinski definition) is 1. The zero-order valence-corrected chi connectivity index (χ0v) is 7.16. The summed E-state index contributed by atoms with van der Waals surface area (Å²) in [5.74, 6) is -0.940. The van der Waals surface area contributed by atoms with E-state index in [9.17, 15) is 4.79 Å². The van der Waals surface area contributed by atoms with Crippen LogP contribution >= 0.6 is 0 Å². The van der Waals surface area contributed by atoms with Crippen LogP contribution in [0.25, 0.3) is 0 Å². The van der Waals surface area contributed by atoms with E-state index in [4.69, 9.17) is 14.6 Å². The molecule has 1 aliphatic rings. The average molecular weight is 204 g/mol. The first-order valence-corrected chi connectivity index (χ1v) is 4.13. The van der Waals surface area contributed by atoms with Gasteiger partial charge in [0.15, 0.2) is 23.5 Å². The van der Waals surface area contributed by atoms with Crippen molar-refractivity contribution in [3.8, 4) is 0 Å². The normalized spacial score (nSPS) is 24.5. The number of ether oxygens (including phenoxy) is 2. The van der Waals surface area contributed by atoms with E-state index in [0.717, 1.165) is 19.3 Å². The molecule has 0 radical (unpaired) electrons. The summed E-state index contributed by atoms with van der Waals surface area (Å²) in [4.78, 5) is 10.6. The van der Waals surface area contributed by atoms with E-state index in [-0.39, 0.29) is 23.5 Å². The summed E-state index contributed by atoms with van der Waals surface area (Å²) >= 11 is 0. The second-order valence-corrected chi connectivity index (χ2v) is 2.90. The number of carboxylic acid groups (broad SMARTS) is 1. The van der Waals surface area contributed by atoms with E-state index in [1.54, 1.807) is 0 Å².